The zero-order chi connectivity index (χ0) is 9.68. The van der Waals surface area contributed by atoms with Crippen LogP contribution in [-0.2, 0) is 4.74 Å². The fourth-order valence-electron chi connectivity index (χ4n) is 0.948. The first-order valence-electron chi connectivity index (χ1n) is 4.47. The molecule has 1 atom stereocenters. The van der Waals surface area contributed by atoms with Crippen molar-refractivity contribution in [1.29, 1.82) is 0 Å². The van der Waals surface area contributed by atoms with Crippen LogP contribution in [0, 0.1) is 0 Å². The monoisotopic (exact) mass is 185 g/mol. The largest absolute Gasteiger partial charge is 0.371 e. The van der Waals surface area contributed by atoms with Crippen molar-refractivity contribution in [3.05, 3.63) is 5.82 Å². The second-order valence-corrected chi connectivity index (χ2v) is 2.59. The summed E-state index contributed by atoms with van der Waals surface area (Å²) in [6.45, 7) is 7.21. The summed E-state index contributed by atoms with van der Waals surface area (Å²) in [4.78, 5) is 4.10. The molecule has 1 aromatic rings. The Morgan fingerprint density at radius 1 is 1.54 bits per heavy atom. The van der Waals surface area contributed by atoms with Gasteiger partial charge < -0.3 is 14.6 Å². The van der Waals surface area contributed by atoms with Crippen molar-refractivity contribution in [1.82, 2.24) is 10.1 Å². The number of ether oxygens (including phenoxy) is 1. The quantitative estimate of drug-likeness (QED) is 0.755. The van der Waals surface area contributed by atoms with E-state index in [-0.39, 0.29) is 6.10 Å². The highest BCUT2D eigenvalue weighted by atomic mass is 16.5. The molecule has 13 heavy (non-hydrogen) atoms. The van der Waals surface area contributed by atoms with E-state index in [4.69, 9.17) is 9.26 Å². The first-order chi connectivity index (χ1) is 6.27. The van der Waals surface area contributed by atoms with E-state index in [9.17, 15) is 0 Å². The van der Waals surface area contributed by atoms with E-state index in [0.29, 0.717) is 18.4 Å². The lowest BCUT2D eigenvalue weighted by Gasteiger charge is -2.04. The standard InChI is InChI=1S/C8H15N3O2/c1-4-9-8-10-7(11-13-8)6(3)12-5-2/h6H,4-5H2,1-3H3,(H,9,10,11). The van der Waals surface area contributed by atoms with Crippen molar-refractivity contribution < 1.29 is 9.26 Å². The maximum absolute atomic E-state index is 5.31. The van der Waals surface area contributed by atoms with Crippen molar-refractivity contribution in [2.45, 2.75) is 26.9 Å². The Hall–Kier alpha value is -1.10. The van der Waals surface area contributed by atoms with Gasteiger partial charge in [0, 0.05) is 13.2 Å². The van der Waals surface area contributed by atoms with E-state index < -0.39 is 0 Å². The van der Waals surface area contributed by atoms with Gasteiger partial charge in [-0.1, -0.05) is 5.16 Å². The Morgan fingerprint density at radius 3 is 2.92 bits per heavy atom. The molecule has 74 valence electrons. The van der Waals surface area contributed by atoms with Crippen molar-refractivity contribution in [3.8, 4) is 0 Å². The van der Waals surface area contributed by atoms with E-state index in [2.05, 4.69) is 15.5 Å². The number of aromatic nitrogens is 2. The molecule has 1 heterocycles. The zero-order valence-corrected chi connectivity index (χ0v) is 8.20. The second kappa shape index (κ2) is 4.81. The lowest BCUT2D eigenvalue weighted by Crippen LogP contribution is -2.02. The van der Waals surface area contributed by atoms with E-state index >= 15 is 0 Å². The number of nitrogens with zero attached hydrogens (tertiary/aromatic N) is 2. The summed E-state index contributed by atoms with van der Waals surface area (Å²) in [5, 5.41) is 6.71. The fraction of sp³-hybridized carbons (Fsp3) is 0.750. The van der Waals surface area contributed by atoms with Crippen LogP contribution >= 0.6 is 0 Å². The van der Waals surface area contributed by atoms with E-state index in [1.54, 1.807) is 0 Å². The van der Waals surface area contributed by atoms with Crippen LogP contribution in [0.15, 0.2) is 4.52 Å². The first-order valence-corrected chi connectivity index (χ1v) is 4.47. The molecule has 0 amide bonds. The molecule has 1 N–H and O–H groups in total. The minimum atomic E-state index is -0.110. The number of rotatable bonds is 5. The minimum Gasteiger partial charge on any atom is -0.371 e. The highest BCUT2D eigenvalue weighted by molar-refractivity contribution is 5.17. The van der Waals surface area contributed by atoms with Gasteiger partial charge in [0.1, 0.15) is 6.10 Å². The van der Waals surface area contributed by atoms with Gasteiger partial charge in [0.25, 0.3) is 0 Å². The van der Waals surface area contributed by atoms with E-state index in [1.165, 1.54) is 0 Å². The summed E-state index contributed by atoms with van der Waals surface area (Å²) < 4.78 is 10.2. The summed E-state index contributed by atoms with van der Waals surface area (Å²) >= 11 is 0. The molecule has 0 fully saturated rings. The highest BCUT2D eigenvalue weighted by Crippen LogP contribution is 2.14. The van der Waals surface area contributed by atoms with Gasteiger partial charge in [0.2, 0.25) is 5.82 Å². The Labute approximate surface area is 77.5 Å². The summed E-state index contributed by atoms with van der Waals surface area (Å²) in [5.41, 5.74) is 0. The predicted molar refractivity (Wildman–Crippen MR) is 48.5 cm³/mol. The number of hydrogen-bond donors (Lipinski definition) is 1. The first kappa shape index (κ1) is 9.98. The van der Waals surface area contributed by atoms with E-state index in [1.807, 2.05) is 20.8 Å². The smallest absolute Gasteiger partial charge is 0.321 e. The normalized spacial score (nSPS) is 12.8. The zero-order valence-electron chi connectivity index (χ0n) is 8.20. The average molecular weight is 185 g/mol. The molecule has 5 heteroatoms. The highest BCUT2D eigenvalue weighted by Gasteiger charge is 2.12. The summed E-state index contributed by atoms with van der Waals surface area (Å²) in [6.07, 6.45) is -0.110. The lowest BCUT2D eigenvalue weighted by molar-refractivity contribution is 0.0683. The molecule has 1 rings (SSSR count). The molecule has 0 saturated carbocycles. The van der Waals surface area contributed by atoms with Crippen LogP contribution in [0.4, 0.5) is 6.01 Å². The van der Waals surface area contributed by atoms with Crippen LogP contribution in [0.5, 0.6) is 0 Å². The summed E-state index contributed by atoms with van der Waals surface area (Å²) in [6, 6.07) is 0.448. The van der Waals surface area contributed by atoms with Gasteiger partial charge in [-0.05, 0) is 20.8 Å². The molecular formula is C8H15N3O2. The van der Waals surface area contributed by atoms with Crippen molar-refractivity contribution >= 4 is 6.01 Å². The van der Waals surface area contributed by atoms with Gasteiger partial charge >= 0.3 is 6.01 Å². The summed E-state index contributed by atoms with van der Waals surface area (Å²) in [7, 11) is 0. The molecule has 0 radical (unpaired) electrons. The van der Waals surface area contributed by atoms with Crippen LogP contribution in [0.25, 0.3) is 0 Å². The Kier molecular flexibility index (Phi) is 3.70. The van der Waals surface area contributed by atoms with E-state index in [0.717, 1.165) is 6.54 Å². The predicted octanol–water partition coefficient (Wildman–Crippen LogP) is 1.60. The van der Waals surface area contributed by atoms with Crippen LogP contribution in [0.3, 0.4) is 0 Å². The molecular weight excluding hydrogens is 170 g/mol. The summed E-state index contributed by atoms with van der Waals surface area (Å²) in [5.74, 6) is 0.581. The Bertz CT molecular complexity index is 249. The number of anilines is 1. The molecule has 1 aromatic heterocycles. The molecule has 0 spiro atoms. The third-order valence-electron chi connectivity index (χ3n) is 1.55. The van der Waals surface area contributed by atoms with Gasteiger partial charge in [0.15, 0.2) is 0 Å². The maximum atomic E-state index is 5.31. The number of nitrogens with one attached hydrogen (secondary N) is 1. The van der Waals surface area contributed by atoms with Crippen molar-refractivity contribution in [3.63, 3.8) is 0 Å². The molecule has 5 nitrogen and oxygen atoms in total. The third kappa shape index (κ3) is 2.69. The van der Waals surface area contributed by atoms with Gasteiger partial charge in [-0.3, -0.25) is 0 Å². The van der Waals surface area contributed by atoms with Crippen LogP contribution in [-0.4, -0.2) is 23.3 Å². The molecule has 1 unspecified atom stereocenters. The van der Waals surface area contributed by atoms with Gasteiger partial charge in [0.05, 0.1) is 0 Å². The van der Waals surface area contributed by atoms with Crippen molar-refractivity contribution in [2.75, 3.05) is 18.5 Å². The third-order valence-corrected chi connectivity index (χ3v) is 1.55. The topological polar surface area (TPSA) is 60.2 Å². The SMILES string of the molecule is CCNc1nc(C(C)OCC)no1. The minimum absolute atomic E-state index is 0.110. The lowest BCUT2D eigenvalue weighted by atomic mass is 10.4. The van der Waals surface area contributed by atoms with Crippen molar-refractivity contribution in [2.24, 2.45) is 0 Å². The molecule has 0 aromatic carbocycles. The molecule has 0 saturated heterocycles. The molecule has 0 bridgehead atoms. The molecule has 0 aliphatic heterocycles. The fourth-order valence-corrected chi connectivity index (χ4v) is 0.948. The van der Waals surface area contributed by atoms with Crippen LogP contribution in [0.2, 0.25) is 0 Å². The Morgan fingerprint density at radius 2 is 2.31 bits per heavy atom. The Balaban J connectivity index is 2.56. The van der Waals surface area contributed by atoms with Gasteiger partial charge in [-0.2, -0.15) is 4.98 Å². The average Bonchev–Trinajstić information content (AvgIpc) is 2.54. The second-order valence-electron chi connectivity index (χ2n) is 2.59. The number of hydrogen-bond acceptors (Lipinski definition) is 5. The van der Waals surface area contributed by atoms with Gasteiger partial charge in [-0.15, -0.1) is 0 Å². The van der Waals surface area contributed by atoms with Crippen LogP contribution < -0.4 is 5.32 Å². The van der Waals surface area contributed by atoms with Crippen LogP contribution in [0.1, 0.15) is 32.7 Å². The molecule has 0 aliphatic rings. The van der Waals surface area contributed by atoms with Gasteiger partial charge in [-0.25, -0.2) is 0 Å². The maximum Gasteiger partial charge on any atom is 0.321 e. The molecule has 0 aliphatic carbocycles.